The van der Waals surface area contributed by atoms with Crippen LogP contribution in [-0.2, 0) is 10.1 Å². The van der Waals surface area contributed by atoms with E-state index in [1.165, 1.54) is 12.1 Å². The third-order valence-corrected chi connectivity index (χ3v) is 6.55. The lowest BCUT2D eigenvalue weighted by Crippen LogP contribution is -2.12. The van der Waals surface area contributed by atoms with Gasteiger partial charge in [0.15, 0.2) is 0 Å². The van der Waals surface area contributed by atoms with Gasteiger partial charge >= 0.3 is 10.1 Å². The first-order valence-corrected chi connectivity index (χ1v) is 11.6. The molecule has 0 saturated heterocycles. The normalized spacial score (nSPS) is 11.9. The van der Waals surface area contributed by atoms with Crippen LogP contribution in [0.1, 0.15) is 11.1 Å². The molecule has 3 aromatic carbocycles. The molecule has 0 fully saturated rings. The molecule has 0 amide bonds. The van der Waals surface area contributed by atoms with Crippen LogP contribution >= 0.6 is 34.2 Å². The number of hydrogen-bond donors (Lipinski definition) is 0. The first-order valence-electron chi connectivity index (χ1n) is 8.71. The molecule has 0 heterocycles. The molecule has 4 nitrogen and oxygen atoms in total. The van der Waals surface area contributed by atoms with E-state index < -0.39 is 10.1 Å². The second-order valence-electron chi connectivity index (χ2n) is 6.44. The second kappa shape index (κ2) is 9.19. The summed E-state index contributed by atoms with van der Waals surface area (Å²) in [7, 11) is -0.102. The van der Waals surface area contributed by atoms with Crippen molar-refractivity contribution in [3.8, 4) is 5.75 Å². The van der Waals surface area contributed by atoms with Gasteiger partial charge < -0.3 is 9.08 Å². The van der Waals surface area contributed by atoms with Gasteiger partial charge in [0.1, 0.15) is 10.6 Å². The third-order valence-electron chi connectivity index (χ3n) is 4.13. The van der Waals surface area contributed by atoms with Crippen molar-refractivity contribution in [2.75, 3.05) is 14.1 Å². The Kier molecular flexibility index (Phi) is 6.87. The van der Waals surface area contributed by atoms with Crippen LogP contribution in [0.15, 0.2) is 77.7 Å². The molecular formula is C22H19ClINO3S. The predicted molar refractivity (Wildman–Crippen MR) is 126 cm³/mol. The van der Waals surface area contributed by atoms with Crippen LogP contribution in [0.3, 0.4) is 0 Å². The lowest BCUT2D eigenvalue weighted by Gasteiger charge is -2.20. The molecule has 0 aliphatic heterocycles. The fourth-order valence-corrected chi connectivity index (χ4v) is 4.54. The zero-order valence-corrected chi connectivity index (χ0v) is 19.6. The highest BCUT2D eigenvalue weighted by molar-refractivity contribution is 14.1. The maximum absolute atomic E-state index is 12.7. The Labute approximate surface area is 190 Å². The average Bonchev–Trinajstić information content (AvgIpc) is 2.69. The Morgan fingerprint density at radius 3 is 2.31 bits per heavy atom. The van der Waals surface area contributed by atoms with Crippen molar-refractivity contribution in [2.45, 2.75) is 4.90 Å². The largest absolute Gasteiger partial charge is 0.378 e. The van der Waals surface area contributed by atoms with Crippen molar-refractivity contribution in [1.29, 1.82) is 0 Å². The Bertz CT molecular complexity index is 1150. The van der Waals surface area contributed by atoms with Gasteiger partial charge in [-0.1, -0.05) is 48.0 Å². The van der Waals surface area contributed by atoms with Gasteiger partial charge in [-0.25, -0.2) is 0 Å². The van der Waals surface area contributed by atoms with Crippen LogP contribution in [0.4, 0.5) is 0 Å². The van der Waals surface area contributed by atoms with E-state index in [1.807, 2.05) is 49.3 Å². The van der Waals surface area contributed by atoms with Crippen molar-refractivity contribution >= 4 is 56.1 Å². The van der Waals surface area contributed by atoms with Gasteiger partial charge in [-0.3, -0.25) is 0 Å². The summed E-state index contributed by atoms with van der Waals surface area (Å²) in [6.45, 7) is 0. The Hall–Kier alpha value is -2.03. The summed E-state index contributed by atoms with van der Waals surface area (Å²) >= 11 is 8.47. The van der Waals surface area contributed by atoms with Gasteiger partial charge in [0.05, 0.1) is 0 Å². The number of hydrogen-bond acceptors (Lipinski definition) is 4. The van der Waals surface area contributed by atoms with Gasteiger partial charge in [-0.05, 0) is 65.1 Å². The third kappa shape index (κ3) is 5.32. The van der Waals surface area contributed by atoms with E-state index in [1.54, 1.807) is 36.4 Å². The maximum Gasteiger partial charge on any atom is 0.339 e. The van der Waals surface area contributed by atoms with Gasteiger partial charge in [0.2, 0.25) is 0 Å². The summed E-state index contributed by atoms with van der Waals surface area (Å²) < 4.78 is 31.9. The molecule has 0 unspecified atom stereocenters. The monoisotopic (exact) mass is 539 g/mol. The first-order chi connectivity index (χ1) is 13.8. The molecule has 7 heteroatoms. The van der Waals surface area contributed by atoms with E-state index in [0.717, 1.165) is 14.8 Å². The number of nitrogens with zero attached hydrogens (tertiary/aromatic N) is 1. The highest BCUT2D eigenvalue weighted by Crippen LogP contribution is 2.31. The molecular weight excluding hydrogens is 521 g/mol. The number of rotatable bonds is 6. The van der Waals surface area contributed by atoms with Crippen molar-refractivity contribution in [3.63, 3.8) is 0 Å². The van der Waals surface area contributed by atoms with Crippen LogP contribution in [0.5, 0.6) is 5.75 Å². The van der Waals surface area contributed by atoms with E-state index in [9.17, 15) is 8.42 Å². The molecule has 3 aromatic rings. The molecule has 0 spiro atoms. The Morgan fingerprint density at radius 1 is 1.00 bits per heavy atom. The first kappa shape index (κ1) is 21.7. The van der Waals surface area contributed by atoms with Gasteiger partial charge in [-0.15, -0.1) is 0 Å². The topological polar surface area (TPSA) is 46.6 Å². The second-order valence-corrected chi connectivity index (χ2v) is 9.58. The minimum atomic E-state index is -3.96. The predicted octanol–water partition coefficient (Wildman–Crippen LogP) is 5.77. The van der Waals surface area contributed by atoms with Crippen LogP contribution in [-0.4, -0.2) is 27.4 Å². The van der Waals surface area contributed by atoms with Crippen LogP contribution in [0.2, 0.25) is 5.02 Å². The summed E-state index contributed by atoms with van der Waals surface area (Å²) in [5.74, 6) is 0.212. The summed E-state index contributed by atoms with van der Waals surface area (Å²) in [5.41, 5.74) is 2.49. The summed E-state index contributed by atoms with van der Waals surface area (Å²) in [5, 5.41) is 0.488. The molecule has 0 bridgehead atoms. The van der Waals surface area contributed by atoms with Gasteiger partial charge in [0.25, 0.3) is 0 Å². The molecule has 3 rings (SSSR count). The molecule has 29 heavy (non-hydrogen) atoms. The van der Waals surface area contributed by atoms with Crippen molar-refractivity contribution < 1.29 is 12.6 Å². The van der Waals surface area contributed by atoms with Gasteiger partial charge in [0, 0.05) is 39.5 Å². The fourth-order valence-electron chi connectivity index (χ4n) is 2.73. The molecule has 0 aliphatic carbocycles. The van der Waals surface area contributed by atoms with E-state index >= 15 is 0 Å². The minimum absolute atomic E-state index is 0.0929. The van der Waals surface area contributed by atoms with Crippen molar-refractivity contribution in [3.05, 3.63) is 92.5 Å². The van der Waals surface area contributed by atoms with E-state index in [0.29, 0.717) is 10.6 Å². The zero-order valence-electron chi connectivity index (χ0n) is 15.8. The molecule has 0 N–H and O–H groups in total. The van der Waals surface area contributed by atoms with Crippen molar-refractivity contribution in [2.24, 2.45) is 0 Å². The van der Waals surface area contributed by atoms with Crippen molar-refractivity contribution in [1.82, 2.24) is 4.90 Å². The molecule has 0 radical (unpaired) electrons. The summed E-state index contributed by atoms with van der Waals surface area (Å²) in [6, 6.07) is 20.9. The van der Waals surface area contributed by atoms with E-state index in [-0.39, 0.29) is 10.6 Å². The molecule has 0 aliphatic rings. The minimum Gasteiger partial charge on any atom is -0.378 e. The summed E-state index contributed by atoms with van der Waals surface area (Å²) in [6.07, 6.45) is 1.87. The molecule has 0 saturated carbocycles. The Balaban J connectivity index is 2.09. The van der Waals surface area contributed by atoms with Crippen LogP contribution < -0.4 is 4.18 Å². The molecule has 0 atom stereocenters. The van der Waals surface area contributed by atoms with Gasteiger partial charge in [-0.2, -0.15) is 8.42 Å². The van der Waals surface area contributed by atoms with E-state index in [2.05, 4.69) is 22.6 Å². The van der Waals surface area contributed by atoms with E-state index in [4.69, 9.17) is 15.8 Å². The fraction of sp³-hybridized carbons (Fsp3) is 0.0909. The maximum atomic E-state index is 12.7. The number of benzene rings is 3. The molecule has 150 valence electrons. The summed E-state index contributed by atoms with van der Waals surface area (Å²) in [4.78, 5) is 2.06. The SMILES string of the molecule is CN(C)/C(=C\c1cc(Cl)ccc1OS(=O)(=O)c1ccccc1)c1ccccc1I. The zero-order chi connectivity index (χ0) is 21.0. The number of halogens is 2. The van der Waals surface area contributed by atoms with Crippen LogP contribution in [0, 0.1) is 3.57 Å². The Morgan fingerprint density at radius 2 is 1.66 bits per heavy atom. The highest BCUT2D eigenvalue weighted by Gasteiger charge is 2.19. The van der Waals surface area contributed by atoms with Crippen LogP contribution in [0.25, 0.3) is 11.8 Å². The average molecular weight is 540 g/mol. The highest BCUT2D eigenvalue weighted by atomic mass is 127. The standard InChI is InChI=1S/C22H19ClINO3S/c1-25(2)21(19-10-6-7-11-20(19)24)15-16-14-17(23)12-13-22(16)28-29(26,27)18-8-4-3-5-9-18/h3-15H,1-2H3/b21-15-. The molecule has 0 aromatic heterocycles. The lowest BCUT2D eigenvalue weighted by molar-refractivity contribution is 0.485. The smallest absolute Gasteiger partial charge is 0.339 e. The quantitative estimate of drug-likeness (QED) is 0.227. The lowest BCUT2D eigenvalue weighted by atomic mass is 10.1.